The molecular formula is C63H49N5. The number of rotatable bonds is 7. The van der Waals surface area contributed by atoms with Gasteiger partial charge in [0, 0.05) is 49.6 Å². The predicted octanol–water partition coefficient (Wildman–Crippen LogP) is 16.3. The molecule has 0 aliphatic rings. The first-order valence-corrected chi connectivity index (χ1v) is 23.4. The minimum atomic E-state index is 0.621. The summed E-state index contributed by atoms with van der Waals surface area (Å²) in [6, 6.07) is 67.8. The van der Waals surface area contributed by atoms with E-state index in [1.165, 1.54) is 99.2 Å². The van der Waals surface area contributed by atoms with Crippen molar-refractivity contribution < 1.29 is 0 Å². The molecule has 0 spiro atoms. The number of nitrogens with zero attached hydrogens (tertiary/aromatic N) is 5. The highest BCUT2D eigenvalue weighted by atomic mass is 15.0. The fraction of sp³-hybridized carbons (Fsp3) is 0.0952. The highest BCUT2D eigenvalue weighted by molar-refractivity contribution is 6.11. The lowest BCUT2D eigenvalue weighted by molar-refractivity contribution is 1.07. The third-order valence-corrected chi connectivity index (χ3v) is 13.7. The van der Waals surface area contributed by atoms with Crippen LogP contribution in [0, 0.1) is 41.5 Å². The number of fused-ring (bicyclic) bond motifs is 6. The van der Waals surface area contributed by atoms with Crippen molar-refractivity contribution in [1.29, 1.82) is 0 Å². The van der Waals surface area contributed by atoms with Crippen molar-refractivity contribution in [2.45, 2.75) is 41.5 Å². The van der Waals surface area contributed by atoms with E-state index < -0.39 is 0 Å². The monoisotopic (exact) mass is 875 g/mol. The molecule has 0 saturated heterocycles. The Kier molecular flexibility index (Phi) is 9.77. The first-order valence-electron chi connectivity index (χ1n) is 23.4. The smallest absolute Gasteiger partial charge is 0.164 e. The standard InChI is InChI=1S/C63H49N5/c1-38-32-40(3)59(41(4)33-38)47-24-30-53-51-16-10-12-18-55(51)67(57(53)36-47)49-26-20-45(21-27-49)62-64-61(44-14-8-7-9-15-44)65-63(66-62)46-22-28-50(29-23-46)68-56-19-13-11-17-52(56)54-31-25-48(37-58(54)68)60-42(5)34-39(2)35-43(60)6/h7-37H,1-6H3. The SMILES string of the molecule is Cc1cc(C)c(-c2ccc3c4ccccc4n(-c4ccc(-c5nc(-c6ccccc6)nc(-c6ccc(-n7c8ccccc8c8ccc(-c9c(C)cc(C)cc9C)cc87)cc6)n5)cc4)c3c2)c(C)c1. The van der Waals surface area contributed by atoms with Gasteiger partial charge < -0.3 is 9.13 Å². The number of aryl methyl sites for hydroxylation is 6. The molecule has 12 aromatic rings. The van der Waals surface area contributed by atoms with E-state index in [4.69, 9.17) is 15.0 Å². The van der Waals surface area contributed by atoms with Gasteiger partial charge in [0.05, 0.1) is 22.1 Å². The van der Waals surface area contributed by atoms with Crippen LogP contribution in [0.5, 0.6) is 0 Å². The van der Waals surface area contributed by atoms with Crippen LogP contribution in [-0.4, -0.2) is 24.1 Å². The van der Waals surface area contributed by atoms with Crippen LogP contribution >= 0.6 is 0 Å². The summed E-state index contributed by atoms with van der Waals surface area (Å²) in [5.41, 5.74) is 22.3. The van der Waals surface area contributed by atoms with E-state index in [0.29, 0.717) is 17.5 Å². The summed E-state index contributed by atoms with van der Waals surface area (Å²) in [6.45, 7) is 13.2. The first kappa shape index (κ1) is 41.1. The van der Waals surface area contributed by atoms with Crippen molar-refractivity contribution >= 4 is 43.6 Å². The number of hydrogen-bond acceptors (Lipinski definition) is 3. The van der Waals surface area contributed by atoms with Crippen LogP contribution in [0.25, 0.3) is 111 Å². The average Bonchev–Trinajstić information content (AvgIpc) is 3.86. The second-order valence-electron chi connectivity index (χ2n) is 18.5. The minimum absolute atomic E-state index is 0.621. The normalized spacial score (nSPS) is 11.7. The van der Waals surface area contributed by atoms with Crippen molar-refractivity contribution in [3.8, 4) is 67.8 Å². The predicted molar refractivity (Wildman–Crippen MR) is 284 cm³/mol. The molecule has 0 bridgehead atoms. The zero-order valence-electron chi connectivity index (χ0n) is 39.1. The molecule has 0 amide bonds. The Balaban J connectivity index is 0.948. The van der Waals surface area contributed by atoms with Crippen LogP contribution in [0.4, 0.5) is 0 Å². The maximum absolute atomic E-state index is 5.18. The zero-order valence-corrected chi connectivity index (χ0v) is 39.1. The molecule has 3 aromatic heterocycles. The summed E-state index contributed by atoms with van der Waals surface area (Å²) in [5, 5.41) is 4.91. The molecule has 326 valence electrons. The highest BCUT2D eigenvalue weighted by Crippen LogP contribution is 2.39. The molecule has 5 heteroatoms. The van der Waals surface area contributed by atoms with Crippen LogP contribution in [0.2, 0.25) is 0 Å². The molecular weight excluding hydrogens is 827 g/mol. The molecule has 0 aliphatic heterocycles. The second kappa shape index (κ2) is 16.2. The molecule has 0 N–H and O–H groups in total. The molecule has 0 saturated carbocycles. The van der Waals surface area contributed by atoms with E-state index in [-0.39, 0.29) is 0 Å². The van der Waals surface area contributed by atoms with Crippen LogP contribution in [0.3, 0.4) is 0 Å². The zero-order chi connectivity index (χ0) is 46.2. The van der Waals surface area contributed by atoms with Crippen LogP contribution in [0.1, 0.15) is 33.4 Å². The van der Waals surface area contributed by atoms with E-state index in [1.807, 2.05) is 18.2 Å². The number of hydrogen-bond donors (Lipinski definition) is 0. The topological polar surface area (TPSA) is 48.5 Å². The summed E-state index contributed by atoms with van der Waals surface area (Å²) in [5.74, 6) is 1.87. The van der Waals surface area contributed by atoms with E-state index >= 15 is 0 Å². The van der Waals surface area contributed by atoms with Gasteiger partial charge >= 0.3 is 0 Å². The Hall–Kier alpha value is -8.41. The second-order valence-corrected chi connectivity index (χ2v) is 18.5. The quantitative estimate of drug-likeness (QED) is 0.160. The Morgan fingerprint density at radius 2 is 0.603 bits per heavy atom. The number of para-hydroxylation sites is 2. The fourth-order valence-electron chi connectivity index (χ4n) is 10.9. The molecule has 9 aromatic carbocycles. The summed E-state index contributed by atoms with van der Waals surface area (Å²) >= 11 is 0. The van der Waals surface area contributed by atoms with Crippen molar-refractivity contribution in [1.82, 2.24) is 24.1 Å². The third kappa shape index (κ3) is 6.89. The lowest BCUT2D eigenvalue weighted by Gasteiger charge is -2.14. The largest absolute Gasteiger partial charge is 0.309 e. The van der Waals surface area contributed by atoms with E-state index in [2.05, 4.69) is 221 Å². The molecule has 5 nitrogen and oxygen atoms in total. The summed E-state index contributed by atoms with van der Waals surface area (Å²) in [7, 11) is 0. The van der Waals surface area contributed by atoms with Gasteiger partial charge in [-0.1, -0.05) is 126 Å². The van der Waals surface area contributed by atoms with E-state index in [9.17, 15) is 0 Å². The Labute approximate surface area is 396 Å². The van der Waals surface area contributed by atoms with Crippen molar-refractivity contribution in [3.05, 3.63) is 221 Å². The summed E-state index contributed by atoms with van der Waals surface area (Å²) in [4.78, 5) is 15.4. The van der Waals surface area contributed by atoms with Gasteiger partial charge in [-0.3, -0.25) is 0 Å². The lowest BCUT2D eigenvalue weighted by Crippen LogP contribution is -2.01. The average molecular weight is 876 g/mol. The van der Waals surface area contributed by atoms with Gasteiger partial charge in [-0.05, 0) is 159 Å². The van der Waals surface area contributed by atoms with Crippen molar-refractivity contribution in [2.75, 3.05) is 0 Å². The van der Waals surface area contributed by atoms with Crippen LogP contribution in [0.15, 0.2) is 188 Å². The Morgan fingerprint density at radius 1 is 0.279 bits per heavy atom. The third-order valence-electron chi connectivity index (χ3n) is 13.7. The molecule has 0 radical (unpaired) electrons. The molecule has 0 atom stereocenters. The van der Waals surface area contributed by atoms with E-state index in [0.717, 1.165) is 28.1 Å². The fourth-order valence-corrected chi connectivity index (χ4v) is 10.9. The van der Waals surface area contributed by atoms with Crippen molar-refractivity contribution in [3.63, 3.8) is 0 Å². The molecule has 3 heterocycles. The van der Waals surface area contributed by atoms with Crippen LogP contribution in [-0.2, 0) is 0 Å². The van der Waals surface area contributed by atoms with Gasteiger partial charge in [0.2, 0.25) is 0 Å². The van der Waals surface area contributed by atoms with Gasteiger partial charge in [0.25, 0.3) is 0 Å². The number of benzene rings is 9. The summed E-state index contributed by atoms with van der Waals surface area (Å²) in [6.07, 6.45) is 0. The molecule has 12 rings (SSSR count). The van der Waals surface area contributed by atoms with E-state index in [1.54, 1.807) is 0 Å². The first-order chi connectivity index (χ1) is 33.2. The number of aromatic nitrogens is 5. The molecule has 0 aliphatic carbocycles. The maximum Gasteiger partial charge on any atom is 0.164 e. The minimum Gasteiger partial charge on any atom is -0.309 e. The Bertz CT molecular complexity index is 3660. The van der Waals surface area contributed by atoms with Gasteiger partial charge in [-0.15, -0.1) is 0 Å². The molecule has 0 fully saturated rings. The lowest BCUT2D eigenvalue weighted by atomic mass is 9.93. The summed E-state index contributed by atoms with van der Waals surface area (Å²) < 4.78 is 4.77. The van der Waals surface area contributed by atoms with Gasteiger partial charge in [0.1, 0.15) is 0 Å². The Morgan fingerprint density at radius 3 is 1.00 bits per heavy atom. The van der Waals surface area contributed by atoms with Gasteiger partial charge in [-0.2, -0.15) is 0 Å². The van der Waals surface area contributed by atoms with Crippen LogP contribution < -0.4 is 0 Å². The van der Waals surface area contributed by atoms with Crippen molar-refractivity contribution in [2.24, 2.45) is 0 Å². The van der Waals surface area contributed by atoms with Gasteiger partial charge in [-0.25, -0.2) is 15.0 Å². The molecule has 0 unspecified atom stereocenters. The van der Waals surface area contributed by atoms with Gasteiger partial charge in [0.15, 0.2) is 17.5 Å². The maximum atomic E-state index is 5.18. The molecule has 68 heavy (non-hydrogen) atoms. The highest BCUT2D eigenvalue weighted by Gasteiger charge is 2.19.